The Hall–Kier alpha value is -3.65. The molecule has 0 aromatic rings. The number of hydrogen-bond donors (Lipinski definition) is 8. The molecule has 0 radical (unpaired) electrons. The molecule has 1 aliphatic carbocycles. The summed E-state index contributed by atoms with van der Waals surface area (Å²) in [6.07, 6.45) is 3.94. The zero-order valence-electron chi connectivity index (χ0n) is 18.5. The lowest BCUT2D eigenvalue weighted by atomic mass is 9.79. The summed E-state index contributed by atoms with van der Waals surface area (Å²) >= 11 is 0. The lowest BCUT2D eigenvalue weighted by Gasteiger charge is -2.27. The highest BCUT2D eigenvalue weighted by Crippen LogP contribution is 2.45. The van der Waals surface area contributed by atoms with E-state index >= 15 is 0 Å². The van der Waals surface area contributed by atoms with Gasteiger partial charge in [0.1, 0.15) is 0 Å². The molecule has 0 aromatic heterocycles. The SMILES string of the molecule is C=CC(=O)O.C=CC(=O)O.C=CC(=O)O.C=CC(=O)O.O=C1C(CO)(CO)CCC1(CO)CO. The number of carbonyl (C=O) groups is 5. The Balaban J connectivity index is -0.000000188. The summed E-state index contributed by atoms with van der Waals surface area (Å²) in [5.74, 6) is -4.36. The first kappa shape index (κ1) is 37.7. The monoisotopic (exact) mass is 492 g/mol. The third kappa shape index (κ3) is 17.0. The fourth-order valence-corrected chi connectivity index (χ4v) is 1.97. The molecule has 13 nitrogen and oxygen atoms in total. The zero-order valence-corrected chi connectivity index (χ0v) is 18.5. The molecule has 0 aromatic carbocycles. The minimum atomic E-state index is -1.18. The van der Waals surface area contributed by atoms with Crippen molar-refractivity contribution < 1.29 is 64.8 Å². The van der Waals surface area contributed by atoms with Crippen molar-refractivity contribution in [2.24, 2.45) is 10.8 Å². The van der Waals surface area contributed by atoms with E-state index in [0.717, 1.165) is 24.3 Å². The predicted molar refractivity (Wildman–Crippen MR) is 119 cm³/mol. The summed E-state index contributed by atoms with van der Waals surface area (Å²) in [6.45, 7) is 10.1. The number of carbonyl (C=O) groups excluding carboxylic acids is 1. The van der Waals surface area contributed by atoms with Gasteiger partial charge in [-0.1, -0.05) is 26.3 Å². The molecule has 8 N–H and O–H groups in total. The maximum absolute atomic E-state index is 11.8. The van der Waals surface area contributed by atoms with Crippen molar-refractivity contribution in [3.63, 3.8) is 0 Å². The van der Waals surface area contributed by atoms with Crippen molar-refractivity contribution in [2.45, 2.75) is 12.8 Å². The summed E-state index contributed by atoms with van der Waals surface area (Å²) in [7, 11) is 0. The smallest absolute Gasteiger partial charge is 0.327 e. The first-order chi connectivity index (χ1) is 15.7. The molecule has 0 amide bonds. The Kier molecular flexibility index (Phi) is 23.5. The van der Waals surface area contributed by atoms with Crippen LogP contribution < -0.4 is 0 Å². The molecular weight excluding hydrogens is 460 g/mol. The highest BCUT2D eigenvalue weighted by atomic mass is 16.4. The Bertz CT molecular complexity index is 607. The lowest BCUT2D eigenvalue weighted by molar-refractivity contribution is -0.142. The molecule has 0 atom stereocenters. The number of aliphatic carboxylic acids is 4. The van der Waals surface area contributed by atoms with Crippen molar-refractivity contribution in [2.75, 3.05) is 26.4 Å². The molecule has 1 rings (SSSR count). The van der Waals surface area contributed by atoms with Crippen LogP contribution in [0.15, 0.2) is 50.6 Å². The average Bonchev–Trinajstić information content (AvgIpc) is 3.12. The van der Waals surface area contributed by atoms with Crippen LogP contribution in [0.2, 0.25) is 0 Å². The maximum atomic E-state index is 11.8. The second-order valence-electron chi connectivity index (χ2n) is 6.19. The van der Waals surface area contributed by atoms with Gasteiger partial charge in [0, 0.05) is 24.3 Å². The second kappa shape index (κ2) is 21.2. The number of aliphatic hydroxyl groups is 4. The van der Waals surface area contributed by atoms with Gasteiger partial charge in [0.25, 0.3) is 0 Å². The Morgan fingerprint density at radius 2 is 0.735 bits per heavy atom. The van der Waals surface area contributed by atoms with Gasteiger partial charge < -0.3 is 40.9 Å². The first-order valence-corrected chi connectivity index (χ1v) is 9.09. The fraction of sp³-hybridized carbons (Fsp3) is 0.381. The molecule has 34 heavy (non-hydrogen) atoms. The van der Waals surface area contributed by atoms with Crippen LogP contribution in [0.25, 0.3) is 0 Å². The molecule has 13 heteroatoms. The van der Waals surface area contributed by atoms with Crippen molar-refractivity contribution >= 4 is 29.7 Å². The molecule has 1 fully saturated rings. The number of hydrogen-bond acceptors (Lipinski definition) is 9. The summed E-state index contributed by atoms with van der Waals surface area (Å²) in [5.41, 5.74) is -2.35. The maximum Gasteiger partial charge on any atom is 0.327 e. The van der Waals surface area contributed by atoms with E-state index in [9.17, 15) is 24.0 Å². The van der Waals surface area contributed by atoms with Crippen molar-refractivity contribution in [1.82, 2.24) is 0 Å². The topological polar surface area (TPSA) is 247 Å². The summed E-state index contributed by atoms with van der Waals surface area (Å²) in [4.78, 5) is 48.8. The summed E-state index contributed by atoms with van der Waals surface area (Å²) in [6, 6.07) is 0. The van der Waals surface area contributed by atoms with Gasteiger partial charge in [-0.15, -0.1) is 0 Å². The van der Waals surface area contributed by atoms with Gasteiger partial charge >= 0.3 is 23.9 Å². The molecule has 0 unspecified atom stereocenters. The summed E-state index contributed by atoms with van der Waals surface area (Å²) < 4.78 is 0. The number of ketones is 1. The Morgan fingerprint density at radius 3 is 0.794 bits per heavy atom. The minimum absolute atomic E-state index is 0.306. The highest BCUT2D eigenvalue weighted by molar-refractivity contribution is 5.93. The number of aliphatic hydroxyl groups excluding tert-OH is 4. The van der Waals surface area contributed by atoms with Crippen molar-refractivity contribution in [1.29, 1.82) is 0 Å². The van der Waals surface area contributed by atoms with Gasteiger partial charge in [0.2, 0.25) is 0 Å². The average molecular weight is 492 g/mol. The minimum Gasteiger partial charge on any atom is -0.478 e. The standard InChI is InChI=1S/C9H16O5.4C3H4O2/c10-3-8(4-11)1-2-9(5-12,6-13)7(8)14;4*1-2-3(4)5/h10-13H,1-6H2;4*2H,1H2,(H,4,5). The van der Waals surface area contributed by atoms with Gasteiger partial charge in [0.15, 0.2) is 5.78 Å². The zero-order chi connectivity index (χ0) is 28.0. The Labute approximate surface area is 195 Å². The van der Waals surface area contributed by atoms with Crippen LogP contribution in [0.3, 0.4) is 0 Å². The lowest BCUT2D eigenvalue weighted by Crippen LogP contribution is -2.44. The van der Waals surface area contributed by atoms with E-state index in [4.69, 9.17) is 40.9 Å². The van der Waals surface area contributed by atoms with Gasteiger partial charge in [0.05, 0.1) is 37.3 Å². The van der Waals surface area contributed by atoms with Gasteiger partial charge in [-0.25, -0.2) is 19.2 Å². The first-order valence-electron chi connectivity index (χ1n) is 9.09. The second-order valence-corrected chi connectivity index (χ2v) is 6.19. The third-order valence-corrected chi connectivity index (χ3v) is 3.95. The van der Waals surface area contributed by atoms with E-state index in [2.05, 4.69) is 26.3 Å². The molecular formula is C21H32O13. The molecule has 0 saturated heterocycles. The van der Waals surface area contributed by atoms with Crippen LogP contribution in [-0.2, 0) is 24.0 Å². The van der Waals surface area contributed by atoms with Gasteiger partial charge in [-0.05, 0) is 12.8 Å². The van der Waals surface area contributed by atoms with Crippen LogP contribution in [0, 0.1) is 10.8 Å². The highest BCUT2D eigenvalue weighted by Gasteiger charge is 2.55. The van der Waals surface area contributed by atoms with E-state index in [1.54, 1.807) is 0 Å². The molecule has 0 aliphatic heterocycles. The molecule has 0 heterocycles. The molecule has 0 spiro atoms. The van der Waals surface area contributed by atoms with Crippen molar-refractivity contribution in [3.05, 3.63) is 50.6 Å². The van der Waals surface area contributed by atoms with Crippen LogP contribution in [0.4, 0.5) is 0 Å². The molecule has 1 saturated carbocycles. The van der Waals surface area contributed by atoms with Crippen LogP contribution in [0.5, 0.6) is 0 Å². The number of rotatable bonds is 8. The number of Topliss-reactive ketones (excluding diaryl/α,β-unsaturated/α-hetero) is 1. The van der Waals surface area contributed by atoms with Crippen molar-refractivity contribution in [3.8, 4) is 0 Å². The van der Waals surface area contributed by atoms with E-state index in [1.807, 2.05) is 0 Å². The van der Waals surface area contributed by atoms with Gasteiger partial charge in [-0.3, -0.25) is 4.79 Å². The van der Waals surface area contributed by atoms with E-state index in [1.165, 1.54) is 0 Å². The number of carboxylic acids is 4. The van der Waals surface area contributed by atoms with Gasteiger partial charge in [-0.2, -0.15) is 0 Å². The van der Waals surface area contributed by atoms with Crippen LogP contribution in [-0.4, -0.2) is 96.9 Å². The predicted octanol–water partition coefficient (Wildman–Crippen LogP) is -0.681. The molecule has 0 bridgehead atoms. The van der Waals surface area contributed by atoms with E-state index in [-0.39, 0.29) is 0 Å². The normalized spacial score (nSPS) is 13.7. The third-order valence-electron chi connectivity index (χ3n) is 3.95. The van der Waals surface area contributed by atoms with Crippen LogP contribution in [0.1, 0.15) is 12.8 Å². The quantitative estimate of drug-likeness (QED) is 0.196. The molecule has 194 valence electrons. The summed E-state index contributed by atoms with van der Waals surface area (Å²) in [5, 5.41) is 66.7. The van der Waals surface area contributed by atoms with E-state index < -0.39 is 66.9 Å². The fourth-order valence-electron chi connectivity index (χ4n) is 1.97. The Morgan fingerprint density at radius 1 is 0.588 bits per heavy atom. The van der Waals surface area contributed by atoms with E-state index in [0.29, 0.717) is 12.8 Å². The largest absolute Gasteiger partial charge is 0.478 e. The molecule has 1 aliphatic rings. The van der Waals surface area contributed by atoms with Crippen LogP contribution >= 0.6 is 0 Å². The number of carboxylic acid groups (broad SMARTS) is 4.